The van der Waals surface area contributed by atoms with Crippen LogP contribution >= 0.6 is 11.6 Å². The Bertz CT molecular complexity index is 354. The molecule has 0 radical (unpaired) electrons. The second-order valence-corrected chi connectivity index (χ2v) is 5.76. The summed E-state index contributed by atoms with van der Waals surface area (Å²) >= 11 is 6.07. The normalized spacial score (nSPS) is 17.2. The van der Waals surface area contributed by atoms with Gasteiger partial charge in [0.15, 0.2) is 0 Å². The second-order valence-electron chi connectivity index (χ2n) is 5.43. The van der Waals surface area contributed by atoms with Crippen LogP contribution in [-0.2, 0) is 6.54 Å². The molecule has 0 spiro atoms. The van der Waals surface area contributed by atoms with Crippen LogP contribution in [0.25, 0.3) is 0 Å². The maximum atomic E-state index is 6.07. The van der Waals surface area contributed by atoms with E-state index in [9.17, 15) is 0 Å². The summed E-state index contributed by atoms with van der Waals surface area (Å²) in [5, 5.41) is 8.66. The van der Waals surface area contributed by atoms with E-state index in [2.05, 4.69) is 28.6 Å². The number of rotatable bonds is 5. The Balaban J connectivity index is 1.87. The minimum absolute atomic E-state index is 0.390. The Kier molecular flexibility index (Phi) is 4.43. The highest BCUT2D eigenvalue weighted by molar-refractivity contribution is 6.28. The molecule has 0 bridgehead atoms. The third-order valence-corrected chi connectivity index (χ3v) is 4.00. The fourth-order valence-electron chi connectivity index (χ4n) is 2.77. The summed E-state index contributed by atoms with van der Waals surface area (Å²) in [5.41, 5.74) is 0. The summed E-state index contributed by atoms with van der Waals surface area (Å²) in [6.45, 7) is 5.23. The highest BCUT2D eigenvalue weighted by Gasteiger charge is 2.16. The van der Waals surface area contributed by atoms with Crippen molar-refractivity contribution in [3.63, 3.8) is 0 Å². The SMILES string of the molecule is CC(C)c1nnc(Cl)n1CCCC1CCCC1. The Hall–Kier alpha value is -0.570. The first-order valence-corrected chi connectivity index (χ1v) is 7.15. The van der Waals surface area contributed by atoms with Crippen molar-refractivity contribution >= 4 is 11.6 Å². The van der Waals surface area contributed by atoms with Crippen LogP contribution in [0.1, 0.15) is 64.1 Å². The number of nitrogens with zero attached hydrogens (tertiary/aromatic N) is 3. The lowest BCUT2D eigenvalue weighted by molar-refractivity contribution is 0.452. The van der Waals surface area contributed by atoms with Gasteiger partial charge in [-0.2, -0.15) is 0 Å². The molecule has 1 aromatic heterocycles. The van der Waals surface area contributed by atoms with Crippen molar-refractivity contribution in [1.82, 2.24) is 14.8 Å². The lowest BCUT2D eigenvalue weighted by Gasteiger charge is -2.12. The molecule has 1 aliphatic rings. The van der Waals surface area contributed by atoms with Gasteiger partial charge in [-0.3, -0.25) is 0 Å². The van der Waals surface area contributed by atoms with Gasteiger partial charge in [-0.15, -0.1) is 10.2 Å². The molecule has 3 nitrogen and oxygen atoms in total. The van der Waals surface area contributed by atoms with E-state index in [4.69, 9.17) is 11.6 Å². The molecule has 0 amide bonds. The van der Waals surface area contributed by atoms with E-state index in [0.29, 0.717) is 11.2 Å². The molecule has 0 atom stereocenters. The number of halogens is 1. The molecule has 2 rings (SSSR count). The molecule has 1 aromatic rings. The molecule has 96 valence electrons. The van der Waals surface area contributed by atoms with E-state index in [1.807, 2.05) is 0 Å². The van der Waals surface area contributed by atoms with Gasteiger partial charge in [0.1, 0.15) is 5.82 Å². The van der Waals surface area contributed by atoms with Crippen molar-refractivity contribution in [1.29, 1.82) is 0 Å². The molecule has 0 aromatic carbocycles. The Morgan fingerprint density at radius 3 is 2.65 bits per heavy atom. The molecule has 0 aliphatic heterocycles. The highest BCUT2D eigenvalue weighted by Crippen LogP contribution is 2.29. The van der Waals surface area contributed by atoms with E-state index < -0.39 is 0 Å². The Labute approximate surface area is 109 Å². The predicted octanol–water partition coefficient (Wildman–Crippen LogP) is 4.03. The number of hydrogen-bond donors (Lipinski definition) is 0. The zero-order valence-corrected chi connectivity index (χ0v) is 11.6. The average molecular weight is 256 g/mol. The minimum Gasteiger partial charge on any atom is -0.302 e. The lowest BCUT2D eigenvalue weighted by Crippen LogP contribution is -2.07. The van der Waals surface area contributed by atoms with E-state index >= 15 is 0 Å². The Morgan fingerprint density at radius 2 is 2.00 bits per heavy atom. The minimum atomic E-state index is 0.390. The maximum Gasteiger partial charge on any atom is 0.225 e. The molecule has 1 saturated carbocycles. The van der Waals surface area contributed by atoms with E-state index in [0.717, 1.165) is 18.3 Å². The van der Waals surface area contributed by atoms with Gasteiger partial charge in [-0.1, -0.05) is 39.5 Å². The standard InChI is InChI=1S/C13H22ClN3/c1-10(2)12-15-16-13(14)17(12)9-5-8-11-6-3-4-7-11/h10-11H,3-9H2,1-2H3. The fraction of sp³-hybridized carbons (Fsp3) is 0.846. The summed E-state index contributed by atoms with van der Waals surface area (Å²) < 4.78 is 2.07. The molecule has 17 heavy (non-hydrogen) atoms. The van der Waals surface area contributed by atoms with Crippen molar-refractivity contribution in [2.75, 3.05) is 0 Å². The second kappa shape index (κ2) is 5.85. The molecular formula is C13H22ClN3. The Morgan fingerprint density at radius 1 is 1.29 bits per heavy atom. The van der Waals surface area contributed by atoms with E-state index in [-0.39, 0.29) is 0 Å². The monoisotopic (exact) mass is 255 g/mol. The van der Waals surface area contributed by atoms with Gasteiger partial charge in [0.2, 0.25) is 5.28 Å². The summed E-state index contributed by atoms with van der Waals surface area (Å²) in [5.74, 6) is 2.36. The van der Waals surface area contributed by atoms with Crippen LogP contribution in [0.15, 0.2) is 0 Å². The zero-order valence-electron chi connectivity index (χ0n) is 10.8. The van der Waals surface area contributed by atoms with Crippen LogP contribution < -0.4 is 0 Å². The summed E-state index contributed by atoms with van der Waals surface area (Å²) in [6.07, 6.45) is 8.22. The summed E-state index contributed by atoms with van der Waals surface area (Å²) in [4.78, 5) is 0. The summed E-state index contributed by atoms with van der Waals surface area (Å²) in [6, 6.07) is 0. The highest BCUT2D eigenvalue weighted by atomic mass is 35.5. The fourth-order valence-corrected chi connectivity index (χ4v) is 2.97. The first kappa shape index (κ1) is 12.9. The quantitative estimate of drug-likeness (QED) is 0.796. The van der Waals surface area contributed by atoms with Gasteiger partial charge >= 0.3 is 0 Å². The first-order valence-electron chi connectivity index (χ1n) is 6.77. The molecule has 1 aliphatic carbocycles. The number of hydrogen-bond acceptors (Lipinski definition) is 2. The van der Waals surface area contributed by atoms with Gasteiger partial charge in [0.25, 0.3) is 0 Å². The largest absolute Gasteiger partial charge is 0.302 e. The molecular weight excluding hydrogens is 234 g/mol. The van der Waals surface area contributed by atoms with Gasteiger partial charge in [0.05, 0.1) is 0 Å². The van der Waals surface area contributed by atoms with Gasteiger partial charge < -0.3 is 4.57 Å². The third kappa shape index (κ3) is 3.21. The van der Waals surface area contributed by atoms with Crippen LogP contribution in [-0.4, -0.2) is 14.8 Å². The van der Waals surface area contributed by atoms with Gasteiger partial charge in [0, 0.05) is 12.5 Å². The predicted molar refractivity (Wildman–Crippen MR) is 70.3 cm³/mol. The van der Waals surface area contributed by atoms with Crippen LogP contribution in [0.2, 0.25) is 5.28 Å². The maximum absolute atomic E-state index is 6.07. The van der Waals surface area contributed by atoms with Crippen molar-refractivity contribution < 1.29 is 0 Å². The van der Waals surface area contributed by atoms with Gasteiger partial charge in [-0.05, 0) is 30.4 Å². The molecule has 1 heterocycles. The van der Waals surface area contributed by atoms with Crippen LogP contribution in [0, 0.1) is 5.92 Å². The third-order valence-electron chi connectivity index (χ3n) is 3.72. The van der Waals surface area contributed by atoms with Crippen LogP contribution in [0.4, 0.5) is 0 Å². The molecule has 1 fully saturated rings. The average Bonchev–Trinajstić information content (AvgIpc) is 2.89. The number of aromatic nitrogens is 3. The van der Waals surface area contributed by atoms with Crippen molar-refractivity contribution in [3.8, 4) is 0 Å². The van der Waals surface area contributed by atoms with Crippen molar-refractivity contribution in [2.45, 2.75) is 64.8 Å². The molecule has 0 saturated heterocycles. The van der Waals surface area contributed by atoms with E-state index in [1.165, 1.54) is 38.5 Å². The smallest absolute Gasteiger partial charge is 0.225 e. The van der Waals surface area contributed by atoms with Crippen molar-refractivity contribution in [3.05, 3.63) is 11.1 Å². The first-order chi connectivity index (χ1) is 8.18. The lowest BCUT2D eigenvalue weighted by atomic mass is 10.0. The van der Waals surface area contributed by atoms with Crippen molar-refractivity contribution in [2.24, 2.45) is 5.92 Å². The topological polar surface area (TPSA) is 30.7 Å². The van der Waals surface area contributed by atoms with Gasteiger partial charge in [-0.25, -0.2) is 0 Å². The van der Waals surface area contributed by atoms with Crippen LogP contribution in [0.5, 0.6) is 0 Å². The molecule has 4 heteroatoms. The summed E-state index contributed by atoms with van der Waals surface area (Å²) in [7, 11) is 0. The molecule has 0 N–H and O–H groups in total. The zero-order chi connectivity index (χ0) is 12.3. The van der Waals surface area contributed by atoms with Crippen LogP contribution in [0.3, 0.4) is 0 Å². The molecule has 0 unspecified atom stereocenters. The van der Waals surface area contributed by atoms with E-state index in [1.54, 1.807) is 0 Å².